The highest BCUT2D eigenvalue weighted by Gasteiger charge is 2.15. The Morgan fingerprint density at radius 3 is 2.74 bits per heavy atom. The highest BCUT2D eigenvalue weighted by atomic mass is 16.7. The molecule has 6 nitrogen and oxygen atoms in total. The lowest BCUT2D eigenvalue weighted by Crippen LogP contribution is -2.10. The number of hydrogen-bond acceptors (Lipinski definition) is 5. The molecule has 0 amide bonds. The van der Waals surface area contributed by atoms with Gasteiger partial charge in [-0.1, -0.05) is 0 Å². The molecule has 1 heterocycles. The van der Waals surface area contributed by atoms with E-state index >= 15 is 0 Å². The van der Waals surface area contributed by atoms with Crippen molar-refractivity contribution in [2.24, 2.45) is 0 Å². The molecule has 0 bridgehead atoms. The van der Waals surface area contributed by atoms with Gasteiger partial charge < -0.3 is 18.8 Å². The van der Waals surface area contributed by atoms with Crippen LogP contribution in [0.4, 0.5) is 0 Å². The Kier molecular flexibility index (Phi) is 5.39. The highest BCUT2D eigenvalue weighted by molar-refractivity contribution is 5.92. The Morgan fingerprint density at radius 1 is 1.35 bits per heavy atom. The largest absolute Gasteiger partial charge is 0.467 e. The Balaban J connectivity index is 2.42. The van der Waals surface area contributed by atoms with Gasteiger partial charge in [0.05, 0.1) is 12.2 Å². The number of ether oxygens (including phenoxy) is 3. The molecule has 1 aromatic heterocycles. The Bertz CT molecular complexity index is 744. The van der Waals surface area contributed by atoms with Gasteiger partial charge in [-0.3, -0.25) is 0 Å². The number of aryl methyl sites for hydroxylation is 1. The van der Waals surface area contributed by atoms with Crippen LogP contribution in [0.25, 0.3) is 5.69 Å². The summed E-state index contributed by atoms with van der Waals surface area (Å²) in [7, 11) is 1.50. The Hall–Kier alpha value is -2.78. The third-order valence-electron chi connectivity index (χ3n) is 3.24. The molecule has 0 saturated heterocycles. The van der Waals surface area contributed by atoms with Crippen LogP contribution in [-0.2, 0) is 9.47 Å². The number of nitrogens with zero attached hydrogens (tertiary/aromatic N) is 2. The maximum absolute atomic E-state index is 12.0. The number of carbonyl (C=O) groups excluding carboxylic acids is 1. The molecule has 0 saturated carbocycles. The monoisotopic (exact) mass is 314 g/mol. The average Bonchev–Trinajstić information content (AvgIpc) is 2.93. The minimum Gasteiger partial charge on any atom is -0.467 e. The summed E-state index contributed by atoms with van der Waals surface area (Å²) in [4.78, 5) is 12.0. The van der Waals surface area contributed by atoms with E-state index in [1.165, 1.54) is 7.11 Å². The molecule has 0 aliphatic carbocycles. The van der Waals surface area contributed by atoms with Crippen molar-refractivity contribution >= 4 is 5.97 Å². The second-order valence-corrected chi connectivity index (χ2v) is 4.83. The van der Waals surface area contributed by atoms with Crippen LogP contribution >= 0.6 is 0 Å². The maximum Gasteiger partial charge on any atom is 0.341 e. The molecule has 0 spiro atoms. The van der Waals surface area contributed by atoms with E-state index in [1.54, 1.807) is 31.3 Å². The SMILES string of the molecule is CCOC(=O)c1ccc(-n2cc(C)c(C#N)c2)cc1OCOC. The number of hydrogen-bond donors (Lipinski definition) is 0. The molecule has 23 heavy (non-hydrogen) atoms. The molecule has 0 fully saturated rings. The quantitative estimate of drug-likeness (QED) is 0.605. The summed E-state index contributed by atoms with van der Waals surface area (Å²) >= 11 is 0. The molecular weight excluding hydrogens is 296 g/mol. The van der Waals surface area contributed by atoms with Crippen molar-refractivity contribution in [1.82, 2.24) is 4.57 Å². The fourth-order valence-electron chi connectivity index (χ4n) is 2.11. The van der Waals surface area contributed by atoms with Crippen LogP contribution in [-0.4, -0.2) is 31.0 Å². The van der Waals surface area contributed by atoms with Crippen LogP contribution in [0, 0.1) is 18.3 Å². The molecule has 1 aromatic carbocycles. The highest BCUT2D eigenvalue weighted by Crippen LogP contribution is 2.25. The second-order valence-electron chi connectivity index (χ2n) is 4.83. The van der Waals surface area contributed by atoms with Gasteiger partial charge >= 0.3 is 5.97 Å². The summed E-state index contributed by atoms with van der Waals surface area (Å²) in [6, 6.07) is 7.26. The van der Waals surface area contributed by atoms with Gasteiger partial charge in [0, 0.05) is 31.3 Å². The number of methoxy groups -OCH3 is 1. The van der Waals surface area contributed by atoms with E-state index in [4.69, 9.17) is 19.5 Å². The zero-order valence-corrected chi connectivity index (χ0v) is 13.3. The maximum atomic E-state index is 12.0. The van der Waals surface area contributed by atoms with E-state index < -0.39 is 5.97 Å². The first-order chi connectivity index (χ1) is 11.1. The smallest absolute Gasteiger partial charge is 0.341 e. The predicted molar refractivity (Wildman–Crippen MR) is 83.7 cm³/mol. The fourth-order valence-corrected chi connectivity index (χ4v) is 2.11. The van der Waals surface area contributed by atoms with Crippen molar-refractivity contribution in [3.8, 4) is 17.5 Å². The topological polar surface area (TPSA) is 73.5 Å². The van der Waals surface area contributed by atoms with Gasteiger partial charge in [0.25, 0.3) is 0 Å². The molecule has 0 aliphatic rings. The van der Waals surface area contributed by atoms with Crippen molar-refractivity contribution in [2.45, 2.75) is 13.8 Å². The summed E-state index contributed by atoms with van der Waals surface area (Å²) < 4.78 is 17.2. The van der Waals surface area contributed by atoms with Gasteiger partial charge in [0.1, 0.15) is 17.4 Å². The zero-order chi connectivity index (χ0) is 16.8. The van der Waals surface area contributed by atoms with Gasteiger partial charge in [-0.15, -0.1) is 0 Å². The van der Waals surface area contributed by atoms with Crippen LogP contribution in [0.1, 0.15) is 28.4 Å². The van der Waals surface area contributed by atoms with Crippen molar-refractivity contribution in [3.63, 3.8) is 0 Å². The number of carbonyl (C=O) groups is 1. The predicted octanol–water partition coefficient (Wildman–Crippen LogP) is 2.82. The third-order valence-corrected chi connectivity index (χ3v) is 3.24. The number of esters is 1. The first kappa shape index (κ1) is 16.6. The van der Waals surface area contributed by atoms with Crippen molar-refractivity contribution in [3.05, 3.63) is 47.3 Å². The van der Waals surface area contributed by atoms with Crippen LogP contribution < -0.4 is 4.74 Å². The summed E-state index contributed by atoms with van der Waals surface area (Å²) in [5, 5.41) is 9.06. The van der Waals surface area contributed by atoms with E-state index in [2.05, 4.69) is 6.07 Å². The van der Waals surface area contributed by atoms with Gasteiger partial charge in [-0.2, -0.15) is 5.26 Å². The first-order valence-electron chi connectivity index (χ1n) is 7.12. The summed E-state index contributed by atoms with van der Waals surface area (Å²) in [5.74, 6) is -0.0841. The zero-order valence-electron chi connectivity index (χ0n) is 13.3. The van der Waals surface area contributed by atoms with E-state index in [0.717, 1.165) is 11.3 Å². The Labute approximate surface area is 134 Å². The van der Waals surface area contributed by atoms with Crippen molar-refractivity contribution in [2.75, 3.05) is 20.5 Å². The molecule has 6 heteroatoms. The molecule has 0 N–H and O–H groups in total. The molecule has 2 aromatic rings. The molecule has 0 aliphatic heterocycles. The molecule has 0 radical (unpaired) electrons. The lowest BCUT2D eigenvalue weighted by molar-refractivity contribution is 0.0438. The minimum atomic E-state index is -0.452. The lowest BCUT2D eigenvalue weighted by atomic mass is 10.2. The van der Waals surface area contributed by atoms with Gasteiger partial charge in [-0.25, -0.2) is 4.79 Å². The first-order valence-corrected chi connectivity index (χ1v) is 7.12. The second kappa shape index (κ2) is 7.47. The third kappa shape index (κ3) is 3.71. The molecule has 0 atom stereocenters. The van der Waals surface area contributed by atoms with E-state index in [-0.39, 0.29) is 13.4 Å². The van der Waals surface area contributed by atoms with E-state index in [0.29, 0.717) is 16.9 Å². The van der Waals surface area contributed by atoms with Crippen LogP contribution in [0.2, 0.25) is 0 Å². The van der Waals surface area contributed by atoms with E-state index in [1.807, 2.05) is 17.7 Å². The summed E-state index contributed by atoms with van der Waals surface area (Å²) in [6.45, 7) is 3.91. The lowest BCUT2D eigenvalue weighted by Gasteiger charge is -2.12. The summed E-state index contributed by atoms with van der Waals surface area (Å²) in [5.41, 5.74) is 2.57. The molecule has 2 rings (SSSR count). The number of aromatic nitrogens is 1. The average molecular weight is 314 g/mol. The fraction of sp³-hybridized carbons (Fsp3) is 0.294. The van der Waals surface area contributed by atoms with Crippen LogP contribution in [0.5, 0.6) is 5.75 Å². The molecule has 0 unspecified atom stereocenters. The normalized spacial score (nSPS) is 10.2. The van der Waals surface area contributed by atoms with Gasteiger partial charge in [-0.05, 0) is 31.5 Å². The van der Waals surface area contributed by atoms with E-state index in [9.17, 15) is 4.79 Å². The standard InChI is InChI=1S/C17H18N2O4/c1-4-22-17(20)15-6-5-14(7-16(15)23-11-21-3)19-9-12(2)13(8-18)10-19/h5-7,9-10H,4,11H2,1-3H3. The van der Waals surface area contributed by atoms with Gasteiger partial charge in [0.15, 0.2) is 6.79 Å². The van der Waals surface area contributed by atoms with Crippen molar-refractivity contribution in [1.29, 1.82) is 5.26 Å². The number of benzene rings is 1. The van der Waals surface area contributed by atoms with Gasteiger partial charge in [0.2, 0.25) is 0 Å². The van der Waals surface area contributed by atoms with Crippen molar-refractivity contribution < 1.29 is 19.0 Å². The number of nitriles is 1. The molecule has 120 valence electrons. The number of rotatable bonds is 6. The summed E-state index contributed by atoms with van der Waals surface area (Å²) in [6.07, 6.45) is 3.58. The molecular formula is C17H18N2O4. The minimum absolute atomic E-state index is 0.0179. The van der Waals surface area contributed by atoms with Crippen LogP contribution in [0.3, 0.4) is 0 Å². The Morgan fingerprint density at radius 2 is 2.13 bits per heavy atom. The van der Waals surface area contributed by atoms with Crippen LogP contribution in [0.15, 0.2) is 30.6 Å².